The molecule has 1 aliphatic heterocycles. The molecule has 1 amide bonds. The van der Waals surface area contributed by atoms with Crippen LogP contribution in [0.3, 0.4) is 0 Å². The number of fused-ring (bicyclic) bond motifs is 2. The molecule has 0 spiro atoms. The molecule has 0 unspecified atom stereocenters. The minimum Gasteiger partial charge on any atom is -0.490 e. The van der Waals surface area contributed by atoms with E-state index in [0.717, 1.165) is 17.8 Å². The molecule has 1 aliphatic rings. The van der Waals surface area contributed by atoms with Gasteiger partial charge in [-0.2, -0.15) is 4.98 Å². The summed E-state index contributed by atoms with van der Waals surface area (Å²) in [6.07, 6.45) is 0.840. The van der Waals surface area contributed by atoms with Crippen LogP contribution >= 0.6 is 11.8 Å². The van der Waals surface area contributed by atoms with E-state index in [1.165, 1.54) is 11.8 Å². The van der Waals surface area contributed by atoms with Crippen molar-refractivity contribution in [1.82, 2.24) is 19.6 Å². The van der Waals surface area contributed by atoms with Gasteiger partial charge in [0.05, 0.1) is 19.0 Å². The Morgan fingerprint density at radius 2 is 2.00 bits per heavy atom. The van der Waals surface area contributed by atoms with E-state index >= 15 is 0 Å². The Bertz CT molecular complexity index is 1000. The van der Waals surface area contributed by atoms with Gasteiger partial charge in [-0.05, 0) is 32.0 Å². The van der Waals surface area contributed by atoms with Crippen LogP contribution in [0.5, 0.6) is 11.5 Å². The highest BCUT2D eigenvalue weighted by Crippen LogP contribution is 2.32. The van der Waals surface area contributed by atoms with Crippen molar-refractivity contribution in [2.45, 2.75) is 25.4 Å². The number of carbonyl (C=O) groups is 1. The first kappa shape index (κ1) is 17.6. The molecule has 0 bridgehead atoms. The number of anilines is 1. The molecule has 3 aromatic rings. The van der Waals surface area contributed by atoms with Crippen molar-refractivity contribution in [3.05, 3.63) is 35.7 Å². The van der Waals surface area contributed by atoms with Crippen LogP contribution in [0.2, 0.25) is 0 Å². The van der Waals surface area contributed by atoms with Crippen molar-refractivity contribution in [1.29, 1.82) is 0 Å². The molecule has 0 saturated carbocycles. The molecule has 0 aliphatic carbocycles. The van der Waals surface area contributed by atoms with E-state index in [1.54, 1.807) is 16.6 Å². The SMILES string of the molecule is Cc1cc(C)n2nc(SCC(=O)Nc3ccc4c(c3)OCCCO4)nc2n1. The van der Waals surface area contributed by atoms with E-state index in [-0.39, 0.29) is 11.7 Å². The van der Waals surface area contributed by atoms with Gasteiger partial charge in [-0.15, -0.1) is 5.10 Å². The summed E-state index contributed by atoms with van der Waals surface area (Å²) in [5.74, 6) is 1.94. The molecule has 2 aromatic heterocycles. The number of benzene rings is 1. The van der Waals surface area contributed by atoms with Crippen LogP contribution in [0.1, 0.15) is 17.8 Å². The zero-order chi connectivity index (χ0) is 18.8. The molecule has 0 radical (unpaired) electrons. The minimum atomic E-state index is -0.144. The molecule has 0 saturated heterocycles. The van der Waals surface area contributed by atoms with Crippen LogP contribution in [-0.4, -0.2) is 44.5 Å². The quantitative estimate of drug-likeness (QED) is 0.690. The van der Waals surface area contributed by atoms with E-state index in [0.29, 0.717) is 41.3 Å². The maximum atomic E-state index is 12.3. The van der Waals surface area contributed by atoms with Gasteiger partial charge in [0.25, 0.3) is 5.78 Å². The van der Waals surface area contributed by atoms with Gasteiger partial charge in [0, 0.05) is 29.6 Å². The molecule has 0 atom stereocenters. The second kappa shape index (κ2) is 7.43. The van der Waals surface area contributed by atoms with Gasteiger partial charge in [-0.25, -0.2) is 9.50 Å². The Hall–Kier alpha value is -2.81. The van der Waals surface area contributed by atoms with Gasteiger partial charge >= 0.3 is 0 Å². The number of nitrogens with zero attached hydrogens (tertiary/aromatic N) is 4. The summed E-state index contributed by atoms with van der Waals surface area (Å²) in [5, 5.41) is 7.77. The monoisotopic (exact) mass is 385 g/mol. The highest BCUT2D eigenvalue weighted by atomic mass is 32.2. The predicted molar refractivity (Wildman–Crippen MR) is 102 cm³/mol. The maximum Gasteiger partial charge on any atom is 0.253 e. The van der Waals surface area contributed by atoms with Crippen molar-refractivity contribution >= 4 is 29.1 Å². The molecule has 1 aromatic carbocycles. The summed E-state index contributed by atoms with van der Waals surface area (Å²) in [6, 6.07) is 7.33. The van der Waals surface area contributed by atoms with E-state index < -0.39 is 0 Å². The Balaban J connectivity index is 1.40. The van der Waals surface area contributed by atoms with Gasteiger partial charge in [0.15, 0.2) is 11.5 Å². The van der Waals surface area contributed by atoms with Crippen LogP contribution in [-0.2, 0) is 4.79 Å². The number of aromatic nitrogens is 4. The molecule has 8 nitrogen and oxygen atoms in total. The molecular weight excluding hydrogens is 366 g/mol. The summed E-state index contributed by atoms with van der Waals surface area (Å²) in [4.78, 5) is 21.0. The van der Waals surface area contributed by atoms with Gasteiger partial charge in [0.1, 0.15) is 0 Å². The third-order valence-corrected chi connectivity index (χ3v) is 4.80. The number of ether oxygens (including phenoxy) is 2. The maximum absolute atomic E-state index is 12.3. The summed E-state index contributed by atoms with van der Waals surface area (Å²) < 4.78 is 12.9. The minimum absolute atomic E-state index is 0.144. The average Bonchev–Trinajstić information content (AvgIpc) is 2.90. The third kappa shape index (κ3) is 3.97. The number of carbonyl (C=O) groups excluding carboxylic acids is 1. The summed E-state index contributed by atoms with van der Waals surface area (Å²) >= 11 is 1.27. The molecule has 0 fully saturated rings. The topological polar surface area (TPSA) is 90.6 Å². The average molecular weight is 385 g/mol. The third-order valence-electron chi connectivity index (χ3n) is 3.96. The highest BCUT2D eigenvalue weighted by molar-refractivity contribution is 7.99. The van der Waals surface area contributed by atoms with Crippen LogP contribution in [0, 0.1) is 13.8 Å². The number of hydrogen-bond donors (Lipinski definition) is 1. The lowest BCUT2D eigenvalue weighted by molar-refractivity contribution is -0.113. The van der Waals surface area contributed by atoms with Crippen molar-refractivity contribution in [2.75, 3.05) is 24.3 Å². The van der Waals surface area contributed by atoms with Gasteiger partial charge in [-0.3, -0.25) is 4.79 Å². The van der Waals surface area contributed by atoms with Crippen molar-refractivity contribution < 1.29 is 14.3 Å². The normalized spacial score (nSPS) is 13.4. The summed E-state index contributed by atoms with van der Waals surface area (Å²) in [6.45, 7) is 5.10. The van der Waals surface area contributed by atoms with Crippen molar-refractivity contribution in [2.24, 2.45) is 0 Å². The van der Waals surface area contributed by atoms with Crippen molar-refractivity contribution in [3.63, 3.8) is 0 Å². The van der Waals surface area contributed by atoms with Gasteiger partial charge in [-0.1, -0.05) is 11.8 Å². The molecule has 3 heterocycles. The zero-order valence-electron chi connectivity index (χ0n) is 15.1. The number of hydrogen-bond acceptors (Lipinski definition) is 7. The highest BCUT2D eigenvalue weighted by Gasteiger charge is 2.13. The summed E-state index contributed by atoms with van der Waals surface area (Å²) in [7, 11) is 0. The second-order valence-corrected chi connectivity index (χ2v) is 7.14. The fourth-order valence-corrected chi connectivity index (χ4v) is 3.40. The molecule has 140 valence electrons. The first-order valence-corrected chi connectivity index (χ1v) is 9.60. The first-order valence-electron chi connectivity index (χ1n) is 8.62. The Labute approximate surface area is 160 Å². The first-order chi connectivity index (χ1) is 13.1. The fraction of sp³-hybridized carbons (Fsp3) is 0.333. The van der Waals surface area contributed by atoms with Crippen LogP contribution in [0.15, 0.2) is 29.4 Å². The standard InChI is InChI=1S/C18H19N5O3S/c1-11-8-12(2)23-17(19-11)21-18(22-23)27-10-16(24)20-13-4-5-14-15(9-13)26-7-3-6-25-14/h4-5,8-9H,3,6-7,10H2,1-2H3,(H,20,24). The second-order valence-electron chi connectivity index (χ2n) is 6.19. The van der Waals surface area contributed by atoms with Crippen molar-refractivity contribution in [3.8, 4) is 11.5 Å². The number of rotatable bonds is 4. The lowest BCUT2D eigenvalue weighted by Crippen LogP contribution is -2.14. The van der Waals surface area contributed by atoms with E-state index in [2.05, 4.69) is 20.4 Å². The zero-order valence-corrected chi connectivity index (χ0v) is 15.9. The molecule has 9 heteroatoms. The lowest BCUT2D eigenvalue weighted by atomic mass is 10.2. The van der Waals surface area contributed by atoms with Gasteiger partial charge < -0.3 is 14.8 Å². The predicted octanol–water partition coefficient (Wildman–Crippen LogP) is 2.63. The largest absolute Gasteiger partial charge is 0.490 e. The Morgan fingerprint density at radius 1 is 1.19 bits per heavy atom. The van der Waals surface area contributed by atoms with Crippen LogP contribution in [0.25, 0.3) is 5.78 Å². The smallest absolute Gasteiger partial charge is 0.253 e. The van der Waals surface area contributed by atoms with Crippen LogP contribution in [0.4, 0.5) is 5.69 Å². The van der Waals surface area contributed by atoms with E-state index in [4.69, 9.17) is 9.47 Å². The van der Waals surface area contributed by atoms with Crippen LogP contribution < -0.4 is 14.8 Å². The molecule has 4 rings (SSSR count). The van der Waals surface area contributed by atoms with E-state index in [1.807, 2.05) is 26.0 Å². The van der Waals surface area contributed by atoms with Gasteiger partial charge in [0.2, 0.25) is 11.1 Å². The number of amides is 1. The number of thioether (sulfide) groups is 1. The molecule has 27 heavy (non-hydrogen) atoms. The van der Waals surface area contributed by atoms with E-state index in [9.17, 15) is 4.79 Å². The summed E-state index contributed by atoms with van der Waals surface area (Å²) in [5.41, 5.74) is 2.51. The fourth-order valence-electron chi connectivity index (χ4n) is 2.78. The Kier molecular flexibility index (Phi) is 4.85. The molecular formula is C18H19N5O3S. The molecule has 1 N–H and O–H groups in total. The lowest BCUT2D eigenvalue weighted by Gasteiger charge is -2.10. The number of aryl methyl sites for hydroxylation is 2. The number of nitrogens with one attached hydrogen (secondary N) is 1. The Morgan fingerprint density at radius 3 is 2.85 bits per heavy atom.